The zero-order valence-electron chi connectivity index (χ0n) is 30.9. The Morgan fingerprint density at radius 2 is 1.54 bits per heavy atom. The van der Waals surface area contributed by atoms with Crippen molar-refractivity contribution in [3.63, 3.8) is 0 Å². The standard InChI is InChI=1S/C35H56N4O10S/c1-33(2,3)48-31(43)38-17-10-11-25(39-32(44)49-34(4,5)6)30(42)50-20-19-36-26(40)16-18-37-29(41)28-35(7,8)22-46-27(47-28)21-23-12-14-24(45-9)15-13-23/h12-15,25,27-28H,10-11,16-22H2,1-9H3,(H,36,40)(H,37,41)(H,38,43)(H,39,44)/t25-,27?,28-/m0/s1. The van der Waals surface area contributed by atoms with Gasteiger partial charge in [0.15, 0.2) is 6.29 Å². The first-order chi connectivity index (χ1) is 23.3. The number of carbonyl (C=O) groups is 5. The second-order valence-electron chi connectivity index (χ2n) is 14.6. The molecular formula is C35H56N4O10S. The van der Waals surface area contributed by atoms with E-state index in [1.807, 2.05) is 38.1 Å². The molecule has 1 saturated heterocycles. The largest absolute Gasteiger partial charge is 0.497 e. The van der Waals surface area contributed by atoms with Crippen molar-refractivity contribution in [2.45, 2.75) is 111 Å². The van der Waals surface area contributed by atoms with Crippen LogP contribution in [0.25, 0.3) is 0 Å². The third-order valence-electron chi connectivity index (χ3n) is 7.07. The van der Waals surface area contributed by atoms with Gasteiger partial charge in [-0.1, -0.05) is 37.7 Å². The van der Waals surface area contributed by atoms with Gasteiger partial charge in [-0.05, 0) is 72.1 Å². The summed E-state index contributed by atoms with van der Waals surface area (Å²) >= 11 is 0.968. The number of hydrogen-bond acceptors (Lipinski definition) is 11. The van der Waals surface area contributed by atoms with Crippen LogP contribution in [-0.2, 0) is 39.8 Å². The van der Waals surface area contributed by atoms with Gasteiger partial charge in [-0.2, -0.15) is 0 Å². The van der Waals surface area contributed by atoms with Crippen molar-refractivity contribution < 1.29 is 47.7 Å². The number of ether oxygens (including phenoxy) is 5. The molecule has 1 aliphatic rings. The monoisotopic (exact) mass is 724 g/mol. The Bertz CT molecular complexity index is 1280. The molecule has 1 aromatic carbocycles. The highest BCUT2D eigenvalue weighted by atomic mass is 32.2. The smallest absolute Gasteiger partial charge is 0.408 e. The minimum atomic E-state index is -0.867. The summed E-state index contributed by atoms with van der Waals surface area (Å²) in [6.45, 7) is 15.1. The maximum atomic E-state index is 13.1. The molecule has 1 unspecified atom stereocenters. The molecule has 0 bridgehead atoms. The molecule has 3 atom stereocenters. The van der Waals surface area contributed by atoms with Crippen molar-refractivity contribution >= 4 is 40.9 Å². The van der Waals surface area contributed by atoms with Gasteiger partial charge in [0.1, 0.15) is 29.1 Å². The molecule has 0 spiro atoms. The van der Waals surface area contributed by atoms with Crippen LogP contribution in [0.2, 0.25) is 0 Å². The number of thioether (sulfide) groups is 1. The Morgan fingerprint density at radius 3 is 2.16 bits per heavy atom. The fourth-order valence-electron chi connectivity index (χ4n) is 4.67. The van der Waals surface area contributed by atoms with Crippen LogP contribution >= 0.6 is 11.8 Å². The predicted octanol–water partition coefficient (Wildman–Crippen LogP) is 4.09. The third kappa shape index (κ3) is 16.9. The number of amides is 4. The van der Waals surface area contributed by atoms with Gasteiger partial charge in [0.2, 0.25) is 16.9 Å². The lowest BCUT2D eigenvalue weighted by atomic mass is 9.85. The molecule has 0 aromatic heterocycles. The Hall–Kier alpha value is -3.56. The van der Waals surface area contributed by atoms with Crippen LogP contribution < -0.4 is 26.0 Å². The average Bonchev–Trinajstić information content (AvgIpc) is 3.00. The molecule has 15 heteroatoms. The fourth-order valence-corrected chi connectivity index (χ4v) is 5.45. The molecule has 14 nitrogen and oxygen atoms in total. The molecule has 1 fully saturated rings. The summed E-state index contributed by atoms with van der Waals surface area (Å²) < 4.78 is 27.7. The van der Waals surface area contributed by atoms with Crippen LogP contribution in [0.15, 0.2) is 24.3 Å². The van der Waals surface area contributed by atoms with Crippen molar-refractivity contribution in [3.05, 3.63) is 29.8 Å². The molecule has 1 heterocycles. The average molecular weight is 725 g/mol. The molecule has 282 valence electrons. The summed E-state index contributed by atoms with van der Waals surface area (Å²) in [4.78, 5) is 62.8. The molecule has 4 amide bonds. The van der Waals surface area contributed by atoms with Crippen LogP contribution in [-0.4, -0.2) is 97.9 Å². The van der Waals surface area contributed by atoms with E-state index in [2.05, 4.69) is 21.3 Å². The van der Waals surface area contributed by atoms with Gasteiger partial charge < -0.3 is 45.0 Å². The Morgan fingerprint density at radius 1 is 0.900 bits per heavy atom. The minimum Gasteiger partial charge on any atom is -0.497 e. The summed E-state index contributed by atoms with van der Waals surface area (Å²) in [6, 6.07) is 6.68. The van der Waals surface area contributed by atoms with E-state index in [4.69, 9.17) is 23.7 Å². The van der Waals surface area contributed by atoms with Gasteiger partial charge >= 0.3 is 12.2 Å². The van der Waals surface area contributed by atoms with Crippen LogP contribution in [0.5, 0.6) is 5.75 Å². The number of hydrogen-bond donors (Lipinski definition) is 4. The van der Waals surface area contributed by atoms with Gasteiger partial charge in [-0.25, -0.2) is 9.59 Å². The van der Waals surface area contributed by atoms with Crippen molar-refractivity contribution in [1.82, 2.24) is 21.3 Å². The van der Waals surface area contributed by atoms with E-state index in [-0.39, 0.29) is 55.2 Å². The molecule has 0 radical (unpaired) electrons. The van der Waals surface area contributed by atoms with Gasteiger partial charge in [-0.15, -0.1) is 0 Å². The van der Waals surface area contributed by atoms with Crippen LogP contribution in [0.4, 0.5) is 9.59 Å². The Balaban J connectivity index is 1.76. The van der Waals surface area contributed by atoms with Crippen molar-refractivity contribution in [2.24, 2.45) is 5.41 Å². The molecule has 0 saturated carbocycles. The highest BCUT2D eigenvalue weighted by Gasteiger charge is 2.42. The van der Waals surface area contributed by atoms with Gasteiger partial charge in [0.05, 0.1) is 13.7 Å². The molecular weight excluding hydrogens is 668 g/mol. The third-order valence-corrected chi connectivity index (χ3v) is 8.05. The number of nitrogens with one attached hydrogen (secondary N) is 4. The summed E-state index contributed by atoms with van der Waals surface area (Å²) in [6.07, 6.45) is -1.50. The second kappa shape index (κ2) is 19.7. The zero-order chi connectivity index (χ0) is 37.5. The maximum Gasteiger partial charge on any atom is 0.408 e. The summed E-state index contributed by atoms with van der Waals surface area (Å²) in [7, 11) is 1.60. The summed E-state index contributed by atoms with van der Waals surface area (Å²) in [5.41, 5.74) is -0.979. The van der Waals surface area contributed by atoms with Gasteiger partial charge in [0, 0.05) is 43.6 Å². The number of benzene rings is 1. The second-order valence-corrected chi connectivity index (χ2v) is 15.7. The van der Waals surface area contributed by atoms with Crippen LogP contribution in [0.3, 0.4) is 0 Å². The summed E-state index contributed by atoms with van der Waals surface area (Å²) in [5.74, 6) is 0.392. The van der Waals surface area contributed by atoms with Crippen LogP contribution in [0.1, 0.15) is 80.2 Å². The fraction of sp³-hybridized carbons (Fsp3) is 0.686. The minimum absolute atomic E-state index is 0.0384. The van der Waals surface area contributed by atoms with E-state index in [0.717, 1.165) is 23.1 Å². The summed E-state index contributed by atoms with van der Waals surface area (Å²) in [5, 5.41) is 10.5. The number of methoxy groups -OCH3 is 1. The van der Waals surface area contributed by atoms with E-state index < -0.39 is 47.2 Å². The quantitative estimate of drug-likeness (QED) is 0.181. The van der Waals surface area contributed by atoms with Crippen molar-refractivity contribution in [1.29, 1.82) is 0 Å². The zero-order valence-corrected chi connectivity index (χ0v) is 31.7. The molecule has 0 aliphatic carbocycles. The topological polar surface area (TPSA) is 180 Å². The van der Waals surface area contributed by atoms with E-state index in [9.17, 15) is 24.0 Å². The van der Waals surface area contributed by atoms with E-state index >= 15 is 0 Å². The Labute approximate surface area is 300 Å². The van der Waals surface area contributed by atoms with Crippen LogP contribution in [0, 0.1) is 5.41 Å². The highest BCUT2D eigenvalue weighted by Crippen LogP contribution is 2.31. The number of rotatable bonds is 16. The number of carbonyl (C=O) groups excluding carboxylic acids is 5. The van der Waals surface area contributed by atoms with Crippen molar-refractivity contribution in [2.75, 3.05) is 39.1 Å². The van der Waals surface area contributed by atoms with E-state index in [1.54, 1.807) is 48.7 Å². The van der Waals surface area contributed by atoms with E-state index in [1.165, 1.54) is 0 Å². The first kappa shape index (κ1) is 42.6. The predicted molar refractivity (Wildman–Crippen MR) is 190 cm³/mol. The molecule has 50 heavy (non-hydrogen) atoms. The van der Waals surface area contributed by atoms with E-state index in [0.29, 0.717) is 19.4 Å². The SMILES string of the molecule is COc1ccc(CC2OCC(C)(C)[C@H](C(=O)NCCC(=O)NCCSC(=O)[C@H](CCCNC(=O)OC(C)(C)C)NC(=O)OC(C)(C)C)O2)cc1. The molecule has 2 rings (SSSR count). The Kier molecular flexibility index (Phi) is 16.8. The lowest BCUT2D eigenvalue weighted by molar-refractivity contribution is -0.253. The number of alkyl carbamates (subject to hydrolysis) is 2. The maximum absolute atomic E-state index is 13.1. The van der Waals surface area contributed by atoms with Gasteiger partial charge in [0.25, 0.3) is 0 Å². The highest BCUT2D eigenvalue weighted by molar-refractivity contribution is 8.13. The lowest BCUT2D eigenvalue weighted by Crippen LogP contribution is -2.54. The van der Waals surface area contributed by atoms with Gasteiger partial charge in [-0.3, -0.25) is 14.4 Å². The van der Waals surface area contributed by atoms with Crippen molar-refractivity contribution in [3.8, 4) is 5.75 Å². The normalized spacial score (nSPS) is 17.9. The first-order valence-electron chi connectivity index (χ1n) is 16.9. The molecule has 1 aliphatic heterocycles. The first-order valence-corrected chi connectivity index (χ1v) is 17.8. The molecule has 1 aromatic rings. The lowest BCUT2D eigenvalue weighted by Gasteiger charge is -2.41. The molecule has 4 N–H and O–H groups in total.